The number of hydrogen-bond donors (Lipinski definition) is 2. The number of aliphatic hydroxyl groups is 1. The highest BCUT2D eigenvalue weighted by Crippen LogP contribution is 2.22. The molecule has 0 aliphatic carbocycles. The Balaban J connectivity index is 3.28. The Morgan fingerprint density at radius 2 is 2.17 bits per heavy atom. The molecule has 0 unspecified atom stereocenters. The van der Waals surface area contributed by atoms with Crippen molar-refractivity contribution in [1.82, 2.24) is 0 Å². The van der Waals surface area contributed by atoms with Crippen molar-refractivity contribution in [3.05, 3.63) is 28.8 Å². The first kappa shape index (κ1) is 8.74. The Morgan fingerprint density at radius 1 is 1.50 bits per heavy atom. The molecule has 0 amide bonds. The van der Waals surface area contributed by atoms with Gasteiger partial charge in [0.1, 0.15) is 5.75 Å². The summed E-state index contributed by atoms with van der Waals surface area (Å²) in [5.41, 5.74) is 1.45. The number of carbonyl (C=O) groups is 1. The molecular formula is C9H10O3. The summed E-state index contributed by atoms with van der Waals surface area (Å²) in [5, 5.41) is 18.1. The van der Waals surface area contributed by atoms with E-state index in [4.69, 9.17) is 5.11 Å². The summed E-state index contributed by atoms with van der Waals surface area (Å²) in [4.78, 5) is 10.4. The summed E-state index contributed by atoms with van der Waals surface area (Å²) in [6.45, 7) is 1.56. The van der Waals surface area contributed by atoms with Crippen LogP contribution in [0.1, 0.15) is 21.5 Å². The summed E-state index contributed by atoms with van der Waals surface area (Å²) in [7, 11) is 0. The lowest BCUT2D eigenvalue weighted by Crippen LogP contribution is -1.90. The summed E-state index contributed by atoms with van der Waals surface area (Å²) >= 11 is 0. The molecule has 1 aromatic carbocycles. The van der Waals surface area contributed by atoms with Crippen LogP contribution < -0.4 is 0 Å². The van der Waals surface area contributed by atoms with Crippen molar-refractivity contribution in [1.29, 1.82) is 0 Å². The molecule has 0 radical (unpaired) electrons. The minimum Gasteiger partial charge on any atom is -0.507 e. The van der Waals surface area contributed by atoms with Gasteiger partial charge in [-0.1, -0.05) is 6.07 Å². The second kappa shape index (κ2) is 3.36. The number of aliphatic hydroxyl groups excluding tert-OH is 1. The van der Waals surface area contributed by atoms with Crippen LogP contribution in [-0.4, -0.2) is 16.5 Å². The zero-order valence-corrected chi connectivity index (χ0v) is 6.74. The first-order valence-electron chi connectivity index (χ1n) is 3.57. The van der Waals surface area contributed by atoms with Gasteiger partial charge in [0.2, 0.25) is 0 Å². The predicted octanol–water partition coefficient (Wildman–Crippen LogP) is 1.01. The summed E-state index contributed by atoms with van der Waals surface area (Å²) < 4.78 is 0. The van der Waals surface area contributed by atoms with Crippen LogP contribution >= 0.6 is 0 Å². The average molecular weight is 166 g/mol. The van der Waals surface area contributed by atoms with E-state index in [0.29, 0.717) is 17.4 Å². The van der Waals surface area contributed by atoms with Crippen molar-refractivity contribution < 1.29 is 15.0 Å². The Morgan fingerprint density at radius 3 is 2.67 bits per heavy atom. The largest absolute Gasteiger partial charge is 0.507 e. The first-order valence-corrected chi connectivity index (χ1v) is 3.57. The third-order valence-corrected chi connectivity index (χ3v) is 1.70. The number of phenolic OH excluding ortho intramolecular Hbond substituents is 1. The van der Waals surface area contributed by atoms with Gasteiger partial charge >= 0.3 is 0 Å². The van der Waals surface area contributed by atoms with Crippen molar-refractivity contribution in [2.75, 3.05) is 0 Å². The maximum absolute atomic E-state index is 10.4. The van der Waals surface area contributed by atoms with Gasteiger partial charge in [0.15, 0.2) is 6.29 Å². The number of carbonyl (C=O) groups excluding carboxylic acids is 1. The lowest BCUT2D eigenvalue weighted by molar-refractivity contribution is 0.112. The SMILES string of the molecule is Cc1cc(CO)cc(C=O)c1O. The molecule has 3 heteroatoms. The molecule has 0 aliphatic rings. The second-order valence-electron chi connectivity index (χ2n) is 2.63. The van der Waals surface area contributed by atoms with E-state index >= 15 is 0 Å². The standard InChI is InChI=1S/C9H10O3/c1-6-2-7(4-10)3-8(5-11)9(6)12/h2-3,5,10,12H,4H2,1H3. The van der Waals surface area contributed by atoms with E-state index in [0.717, 1.165) is 0 Å². The maximum atomic E-state index is 10.4. The zero-order chi connectivity index (χ0) is 9.14. The number of hydrogen-bond acceptors (Lipinski definition) is 3. The van der Waals surface area contributed by atoms with E-state index in [2.05, 4.69) is 0 Å². The fourth-order valence-electron chi connectivity index (χ4n) is 1.07. The molecule has 0 aromatic heterocycles. The van der Waals surface area contributed by atoms with Crippen LogP contribution in [0.3, 0.4) is 0 Å². The van der Waals surface area contributed by atoms with Crippen LogP contribution in [-0.2, 0) is 6.61 Å². The van der Waals surface area contributed by atoms with Gasteiger partial charge < -0.3 is 10.2 Å². The Kier molecular flexibility index (Phi) is 2.45. The van der Waals surface area contributed by atoms with Crippen LogP contribution in [0.4, 0.5) is 0 Å². The highest BCUT2D eigenvalue weighted by atomic mass is 16.3. The van der Waals surface area contributed by atoms with Gasteiger partial charge in [-0.3, -0.25) is 4.79 Å². The van der Waals surface area contributed by atoms with E-state index in [1.54, 1.807) is 13.0 Å². The molecule has 0 bridgehead atoms. The molecule has 12 heavy (non-hydrogen) atoms. The third-order valence-electron chi connectivity index (χ3n) is 1.70. The number of aryl methyl sites for hydroxylation is 1. The van der Waals surface area contributed by atoms with Crippen molar-refractivity contribution in [2.24, 2.45) is 0 Å². The molecule has 1 aromatic rings. The lowest BCUT2D eigenvalue weighted by atomic mass is 10.1. The molecule has 0 spiro atoms. The molecule has 1 rings (SSSR count). The Labute approximate surface area is 70.3 Å². The van der Waals surface area contributed by atoms with Crippen molar-refractivity contribution in [3.63, 3.8) is 0 Å². The first-order chi connectivity index (χ1) is 5.69. The molecule has 2 N–H and O–H groups in total. The van der Waals surface area contributed by atoms with E-state index in [9.17, 15) is 9.90 Å². The number of benzene rings is 1. The minimum atomic E-state index is -0.123. The van der Waals surface area contributed by atoms with E-state index in [1.165, 1.54) is 6.07 Å². The molecular weight excluding hydrogens is 156 g/mol. The smallest absolute Gasteiger partial charge is 0.153 e. The van der Waals surface area contributed by atoms with Crippen LogP contribution in [0.5, 0.6) is 5.75 Å². The summed E-state index contributed by atoms with van der Waals surface area (Å²) in [5.74, 6) is -0.0119. The third kappa shape index (κ3) is 1.46. The van der Waals surface area contributed by atoms with Gasteiger partial charge in [-0.25, -0.2) is 0 Å². The lowest BCUT2D eigenvalue weighted by Gasteiger charge is -2.04. The minimum absolute atomic E-state index is 0.0119. The van der Waals surface area contributed by atoms with Gasteiger partial charge in [0.25, 0.3) is 0 Å². The van der Waals surface area contributed by atoms with E-state index in [-0.39, 0.29) is 17.9 Å². The number of phenols is 1. The number of aldehydes is 1. The Hall–Kier alpha value is -1.35. The van der Waals surface area contributed by atoms with Gasteiger partial charge in [-0.05, 0) is 24.1 Å². The van der Waals surface area contributed by atoms with Gasteiger partial charge in [0.05, 0.1) is 12.2 Å². The van der Waals surface area contributed by atoms with Gasteiger partial charge in [0, 0.05) is 0 Å². The summed E-state index contributed by atoms with van der Waals surface area (Å²) in [6.07, 6.45) is 0.571. The molecule has 0 saturated heterocycles. The Bertz CT molecular complexity index is 305. The number of aromatic hydroxyl groups is 1. The van der Waals surface area contributed by atoms with Crippen molar-refractivity contribution >= 4 is 6.29 Å². The zero-order valence-electron chi connectivity index (χ0n) is 6.74. The molecule has 0 heterocycles. The topological polar surface area (TPSA) is 57.5 Å². The fourth-order valence-corrected chi connectivity index (χ4v) is 1.07. The summed E-state index contributed by atoms with van der Waals surface area (Å²) in [6, 6.07) is 3.11. The van der Waals surface area contributed by atoms with E-state index < -0.39 is 0 Å². The molecule has 3 nitrogen and oxygen atoms in total. The van der Waals surface area contributed by atoms with Crippen LogP contribution in [0, 0.1) is 6.92 Å². The highest BCUT2D eigenvalue weighted by Gasteiger charge is 2.04. The number of rotatable bonds is 2. The van der Waals surface area contributed by atoms with Crippen LogP contribution in [0.15, 0.2) is 12.1 Å². The van der Waals surface area contributed by atoms with Crippen LogP contribution in [0.25, 0.3) is 0 Å². The maximum Gasteiger partial charge on any atom is 0.153 e. The molecule has 0 saturated carbocycles. The van der Waals surface area contributed by atoms with Gasteiger partial charge in [-0.15, -0.1) is 0 Å². The molecule has 64 valence electrons. The average Bonchev–Trinajstić information content (AvgIpc) is 2.09. The van der Waals surface area contributed by atoms with Crippen LogP contribution in [0.2, 0.25) is 0 Å². The molecule has 0 aliphatic heterocycles. The second-order valence-corrected chi connectivity index (χ2v) is 2.63. The van der Waals surface area contributed by atoms with Crippen molar-refractivity contribution in [2.45, 2.75) is 13.5 Å². The van der Waals surface area contributed by atoms with Crippen molar-refractivity contribution in [3.8, 4) is 5.75 Å². The molecule has 0 atom stereocenters. The van der Waals surface area contributed by atoms with E-state index in [1.807, 2.05) is 0 Å². The predicted molar refractivity (Wildman–Crippen MR) is 44.2 cm³/mol. The van der Waals surface area contributed by atoms with Gasteiger partial charge in [-0.2, -0.15) is 0 Å². The monoisotopic (exact) mass is 166 g/mol. The normalized spacial score (nSPS) is 9.83. The molecule has 0 fully saturated rings. The fraction of sp³-hybridized carbons (Fsp3) is 0.222. The quantitative estimate of drug-likeness (QED) is 0.644. The highest BCUT2D eigenvalue weighted by molar-refractivity contribution is 5.80.